The first-order valence-electron chi connectivity index (χ1n) is 11.6. The van der Waals surface area contributed by atoms with Crippen LogP contribution in [0.1, 0.15) is 58.9 Å². The lowest BCUT2D eigenvalue weighted by molar-refractivity contribution is -0.142. The third-order valence-corrected chi connectivity index (χ3v) is 7.70. The van der Waals surface area contributed by atoms with Crippen molar-refractivity contribution in [3.63, 3.8) is 0 Å². The summed E-state index contributed by atoms with van der Waals surface area (Å²) in [7, 11) is 0. The Morgan fingerprint density at radius 1 is 1.20 bits per heavy atom. The number of nitrogens with zero attached hydrogens (tertiary/aromatic N) is 4. The molecule has 0 spiro atoms. The van der Waals surface area contributed by atoms with Crippen molar-refractivity contribution in [2.24, 2.45) is 0 Å². The van der Waals surface area contributed by atoms with Crippen LogP contribution in [0.3, 0.4) is 0 Å². The van der Waals surface area contributed by atoms with Crippen LogP contribution in [-0.4, -0.2) is 38.7 Å². The molecule has 0 saturated carbocycles. The third kappa shape index (κ3) is 5.12. The number of thiazole rings is 1. The predicted molar refractivity (Wildman–Crippen MR) is 128 cm³/mol. The van der Waals surface area contributed by atoms with Crippen LogP contribution in [0.5, 0.6) is 0 Å². The molecule has 0 aliphatic carbocycles. The van der Waals surface area contributed by atoms with Gasteiger partial charge in [-0.1, -0.05) is 30.3 Å². The number of carbonyl (C=O) groups is 1. The second-order valence-electron chi connectivity index (χ2n) is 9.06. The van der Waals surface area contributed by atoms with E-state index in [-0.39, 0.29) is 24.4 Å². The fraction of sp³-hybridized carbons (Fsp3) is 0.400. The molecule has 10 heteroatoms. The van der Waals surface area contributed by atoms with E-state index in [1.165, 1.54) is 18.1 Å². The SMILES string of the molecule is Cc1cc(C(F)(F)F)nn1CC(=O)N1CCC(c2nc(C3=CN[C@@H](c4ccccc4)C3)cs2)CC1. The number of likely N-dealkylation sites (tertiary alicyclic amines) is 1. The van der Waals surface area contributed by atoms with Crippen LogP contribution in [-0.2, 0) is 17.5 Å². The third-order valence-electron chi connectivity index (χ3n) is 6.69. The van der Waals surface area contributed by atoms with Crippen LogP contribution in [0.15, 0.2) is 48.0 Å². The van der Waals surface area contributed by atoms with Gasteiger partial charge in [-0.3, -0.25) is 9.48 Å². The molecule has 2 aliphatic rings. The minimum Gasteiger partial charge on any atom is -0.383 e. The van der Waals surface area contributed by atoms with Gasteiger partial charge in [-0.15, -0.1) is 11.3 Å². The minimum atomic E-state index is -4.52. The van der Waals surface area contributed by atoms with Gasteiger partial charge in [0.1, 0.15) is 6.54 Å². The van der Waals surface area contributed by atoms with Gasteiger partial charge in [0.15, 0.2) is 5.69 Å². The second-order valence-corrected chi connectivity index (χ2v) is 9.95. The van der Waals surface area contributed by atoms with Gasteiger partial charge in [-0.2, -0.15) is 18.3 Å². The first kappa shape index (κ1) is 23.6. The van der Waals surface area contributed by atoms with E-state index in [1.54, 1.807) is 16.2 Å². The number of nitrogens with one attached hydrogen (secondary N) is 1. The molecule has 1 N–H and O–H groups in total. The van der Waals surface area contributed by atoms with E-state index in [4.69, 9.17) is 4.98 Å². The molecule has 184 valence electrons. The highest BCUT2D eigenvalue weighted by Gasteiger charge is 2.35. The van der Waals surface area contributed by atoms with Crippen molar-refractivity contribution >= 4 is 22.8 Å². The Morgan fingerprint density at radius 3 is 2.63 bits per heavy atom. The summed E-state index contributed by atoms with van der Waals surface area (Å²) in [5.41, 5.74) is 2.81. The number of hydrogen-bond donors (Lipinski definition) is 1. The number of aromatic nitrogens is 3. The van der Waals surface area contributed by atoms with Crippen molar-refractivity contribution in [2.75, 3.05) is 13.1 Å². The minimum absolute atomic E-state index is 0.183. The van der Waals surface area contributed by atoms with Crippen molar-refractivity contribution in [3.05, 3.63) is 75.6 Å². The maximum Gasteiger partial charge on any atom is 0.435 e. The molecule has 1 saturated heterocycles. The number of hydrogen-bond acceptors (Lipinski definition) is 5. The van der Waals surface area contributed by atoms with Gasteiger partial charge < -0.3 is 10.2 Å². The zero-order chi connectivity index (χ0) is 24.6. The fourth-order valence-electron chi connectivity index (χ4n) is 4.65. The van der Waals surface area contributed by atoms with Gasteiger partial charge in [-0.25, -0.2) is 4.98 Å². The summed E-state index contributed by atoms with van der Waals surface area (Å²) in [5, 5.41) is 10.2. The summed E-state index contributed by atoms with van der Waals surface area (Å²) in [4.78, 5) is 19.3. The summed E-state index contributed by atoms with van der Waals surface area (Å²) in [6, 6.07) is 11.6. The largest absolute Gasteiger partial charge is 0.435 e. The molecule has 1 atom stereocenters. The van der Waals surface area contributed by atoms with Crippen LogP contribution in [0.2, 0.25) is 0 Å². The molecule has 0 unspecified atom stereocenters. The molecule has 4 heterocycles. The number of benzene rings is 1. The highest BCUT2D eigenvalue weighted by Crippen LogP contribution is 2.36. The molecule has 0 radical (unpaired) electrons. The van der Waals surface area contributed by atoms with Gasteiger partial charge in [0.05, 0.1) is 16.7 Å². The highest BCUT2D eigenvalue weighted by atomic mass is 32.1. The second kappa shape index (κ2) is 9.49. The van der Waals surface area contributed by atoms with E-state index in [0.717, 1.165) is 40.7 Å². The van der Waals surface area contributed by atoms with Crippen LogP contribution in [0.25, 0.3) is 5.57 Å². The van der Waals surface area contributed by atoms with E-state index in [9.17, 15) is 18.0 Å². The fourth-order valence-corrected chi connectivity index (χ4v) is 5.67. The zero-order valence-electron chi connectivity index (χ0n) is 19.3. The maximum absolute atomic E-state index is 12.9. The molecule has 35 heavy (non-hydrogen) atoms. The molecular weight excluding hydrogens is 475 g/mol. The molecule has 6 nitrogen and oxygen atoms in total. The maximum atomic E-state index is 12.9. The summed E-state index contributed by atoms with van der Waals surface area (Å²) < 4.78 is 39.8. The van der Waals surface area contributed by atoms with Crippen molar-refractivity contribution in [1.29, 1.82) is 0 Å². The number of amides is 1. The van der Waals surface area contributed by atoms with Crippen molar-refractivity contribution < 1.29 is 18.0 Å². The lowest BCUT2D eigenvalue weighted by atomic mass is 9.97. The summed E-state index contributed by atoms with van der Waals surface area (Å²) in [6.45, 7) is 2.47. The molecular formula is C25H26F3N5OS. The van der Waals surface area contributed by atoms with Gasteiger partial charge in [0, 0.05) is 42.7 Å². The van der Waals surface area contributed by atoms with Gasteiger partial charge in [0.25, 0.3) is 0 Å². The van der Waals surface area contributed by atoms with Crippen LogP contribution >= 0.6 is 11.3 Å². The van der Waals surface area contributed by atoms with Crippen molar-refractivity contribution in [1.82, 2.24) is 25.0 Å². The number of halogens is 3. The van der Waals surface area contributed by atoms with E-state index in [1.807, 2.05) is 18.2 Å². The average molecular weight is 502 g/mol. The van der Waals surface area contributed by atoms with Gasteiger partial charge in [-0.05, 0) is 37.0 Å². The topological polar surface area (TPSA) is 63.1 Å². The van der Waals surface area contributed by atoms with Crippen LogP contribution in [0.4, 0.5) is 13.2 Å². The van der Waals surface area contributed by atoms with Crippen molar-refractivity contribution in [3.8, 4) is 0 Å². The van der Waals surface area contributed by atoms with Crippen molar-refractivity contribution in [2.45, 2.75) is 50.9 Å². The Labute approximate surface area is 205 Å². The summed E-state index contributed by atoms with van der Waals surface area (Å²) in [5.74, 6) is 0.0679. The number of carbonyl (C=O) groups excluding carboxylic acids is 1. The number of alkyl halides is 3. The lowest BCUT2D eigenvalue weighted by Crippen LogP contribution is -2.40. The van der Waals surface area contributed by atoms with Gasteiger partial charge >= 0.3 is 6.18 Å². The van der Waals surface area contributed by atoms with E-state index in [2.05, 4.69) is 34.1 Å². The smallest absolute Gasteiger partial charge is 0.383 e. The molecule has 5 rings (SSSR count). The first-order valence-corrected chi connectivity index (χ1v) is 12.5. The Balaban J connectivity index is 1.15. The normalized spacial score (nSPS) is 19.0. The quantitative estimate of drug-likeness (QED) is 0.525. The molecule has 1 aromatic carbocycles. The van der Waals surface area contributed by atoms with E-state index >= 15 is 0 Å². The van der Waals surface area contributed by atoms with Crippen LogP contribution < -0.4 is 5.32 Å². The van der Waals surface area contributed by atoms with E-state index < -0.39 is 11.9 Å². The highest BCUT2D eigenvalue weighted by molar-refractivity contribution is 7.09. The Bertz CT molecular complexity index is 1230. The van der Waals surface area contributed by atoms with Gasteiger partial charge in [0.2, 0.25) is 5.91 Å². The molecule has 1 fully saturated rings. The van der Waals surface area contributed by atoms with E-state index in [0.29, 0.717) is 18.8 Å². The number of piperidine rings is 1. The number of rotatable bonds is 5. The van der Waals surface area contributed by atoms with Crippen LogP contribution in [0, 0.1) is 6.92 Å². The average Bonchev–Trinajstić information content (AvgIpc) is 3.60. The lowest BCUT2D eigenvalue weighted by Gasteiger charge is -2.31. The number of aryl methyl sites for hydroxylation is 1. The summed E-state index contributed by atoms with van der Waals surface area (Å²) >= 11 is 1.66. The molecule has 0 bridgehead atoms. The Hall–Kier alpha value is -3.14. The first-order chi connectivity index (χ1) is 16.8. The molecule has 2 aromatic heterocycles. The Morgan fingerprint density at radius 2 is 1.94 bits per heavy atom. The monoisotopic (exact) mass is 501 g/mol. The summed E-state index contributed by atoms with van der Waals surface area (Å²) in [6.07, 6.45) is 0.00233. The predicted octanol–water partition coefficient (Wildman–Crippen LogP) is 5.15. The zero-order valence-corrected chi connectivity index (χ0v) is 20.1. The molecule has 1 amide bonds. The Kier molecular flexibility index (Phi) is 6.39. The molecule has 2 aliphatic heterocycles. The standard InChI is InChI=1S/C25H26F3N5OS/c1-16-11-22(25(26,27)28)31-33(16)14-23(34)32-9-7-18(8-10-32)24-30-21(15-35-24)19-12-20(29-13-19)17-5-3-2-4-6-17/h2-6,11,13,15,18,20,29H,7-10,12,14H2,1H3/t20-/m1/s1. The molecule has 3 aromatic rings.